The molecule has 4 rings (SSSR count). The molecule has 0 aromatic heterocycles. The molecule has 0 saturated carbocycles. The first-order chi connectivity index (χ1) is 17.1. The maximum Gasteiger partial charge on any atom is 0.244 e. The van der Waals surface area contributed by atoms with Crippen LogP contribution in [0.3, 0.4) is 0 Å². The maximum atomic E-state index is 12.3. The first-order valence-corrected chi connectivity index (χ1v) is 12.7. The van der Waals surface area contributed by atoms with Crippen molar-refractivity contribution in [3.05, 3.63) is 65.7 Å². The summed E-state index contributed by atoms with van der Waals surface area (Å²) in [5.74, 6) is 1.19. The monoisotopic (exact) mass is 478 g/mol. The van der Waals surface area contributed by atoms with E-state index in [2.05, 4.69) is 40.5 Å². The summed E-state index contributed by atoms with van der Waals surface area (Å²) in [6, 6.07) is 16.3. The van der Waals surface area contributed by atoms with Gasteiger partial charge in [-0.3, -0.25) is 4.79 Å². The number of hydrogen-bond acceptors (Lipinski definition) is 5. The van der Waals surface area contributed by atoms with Crippen molar-refractivity contribution in [3.63, 3.8) is 0 Å². The zero-order chi connectivity index (χ0) is 24.5. The van der Waals surface area contributed by atoms with Gasteiger partial charge in [-0.1, -0.05) is 36.4 Å². The molecule has 0 radical (unpaired) electrons. The predicted molar refractivity (Wildman–Crippen MR) is 139 cm³/mol. The molecule has 188 valence electrons. The van der Waals surface area contributed by atoms with Crippen molar-refractivity contribution in [2.24, 2.45) is 0 Å². The van der Waals surface area contributed by atoms with Gasteiger partial charge in [0.2, 0.25) is 5.91 Å². The van der Waals surface area contributed by atoms with Crippen LogP contribution >= 0.6 is 0 Å². The van der Waals surface area contributed by atoms with Crippen LogP contribution in [0, 0.1) is 0 Å². The lowest BCUT2D eigenvalue weighted by Gasteiger charge is -2.39. The fraction of sp³-hybridized carbons (Fsp3) is 0.483. The molecule has 2 heterocycles. The van der Waals surface area contributed by atoms with Gasteiger partial charge >= 0.3 is 0 Å². The molecule has 1 atom stereocenters. The number of rotatable bonds is 10. The summed E-state index contributed by atoms with van der Waals surface area (Å²) >= 11 is 0. The lowest BCUT2D eigenvalue weighted by atomic mass is 9.88. The van der Waals surface area contributed by atoms with Crippen molar-refractivity contribution in [1.82, 2.24) is 10.2 Å². The van der Waals surface area contributed by atoms with Crippen molar-refractivity contribution in [1.29, 1.82) is 0 Å². The zero-order valence-electron chi connectivity index (χ0n) is 21.0. The van der Waals surface area contributed by atoms with Gasteiger partial charge in [0.25, 0.3) is 0 Å². The van der Waals surface area contributed by atoms with Gasteiger partial charge in [0.05, 0.1) is 25.9 Å². The Hall–Kier alpha value is -2.83. The van der Waals surface area contributed by atoms with Crippen LogP contribution in [0.5, 0.6) is 11.5 Å². The average molecular weight is 479 g/mol. The summed E-state index contributed by atoms with van der Waals surface area (Å²) in [5.41, 5.74) is 2.30. The molecule has 2 aromatic rings. The molecule has 6 nitrogen and oxygen atoms in total. The largest absolute Gasteiger partial charge is 0.493 e. The van der Waals surface area contributed by atoms with Gasteiger partial charge in [0.15, 0.2) is 11.5 Å². The molecule has 1 amide bonds. The Kier molecular flexibility index (Phi) is 8.83. The molecule has 1 N–H and O–H groups in total. The van der Waals surface area contributed by atoms with Gasteiger partial charge in [0.1, 0.15) is 0 Å². The molecule has 2 aliphatic heterocycles. The second-order valence-corrected chi connectivity index (χ2v) is 9.59. The van der Waals surface area contributed by atoms with Gasteiger partial charge < -0.3 is 24.4 Å². The Morgan fingerprint density at radius 1 is 1.09 bits per heavy atom. The molecule has 1 unspecified atom stereocenters. The van der Waals surface area contributed by atoms with Crippen LogP contribution in [0.2, 0.25) is 0 Å². The van der Waals surface area contributed by atoms with Crippen molar-refractivity contribution < 1.29 is 19.0 Å². The minimum Gasteiger partial charge on any atom is -0.493 e. The topological polar surface area (TPSA) is 60.0 Å². The fourth-order valence-corrected chi connectivity index (χ4v) is 5.14. The molecule has 0 bridgehead atoms. The van der Waals surface area contributed by atoms with E-state index in [-0.39, 0.29) is 17.6 Å². The maximum absolute atomic E-state index is 12.3. The highest BCUT2D eigenvalue weighted by atomic mass is 16.5. The summed E-state index contributed by atoms with van der Waals surface area (Å²) < 4.78 is 17.1. The number of nitrogens with zero attached hydrogens (tertiary/aromatic N) is 1. The first kappa shape index (κ1) is 25.3. The Morgan fingerprint density at radius 2 is 1.86 bits per heavy atom. The summed E-state index contributed by atoms with van der Waals surface area (Å²) in [6.07, 6.45) is 10.0. The number of nitrogens with one attached hydrogen (secondary N) is 1. The van der Waals surface area contributed by atoms with Crippen LogP contribution < -0.4 is 14.8 Å². The summed E-state index contributed by atoms with van der Waals surface area (Å²) in [7, 11) is 3.20. The smallest absolute Gasteiger partial charge is 0.244 e. The standard InChI is InChI=1S/C29H38N2O4/c1-33-26-12-10-24(21-27(26)34-2)11-13-28(32)30-22-25-14-15-29(35-25)16-19-31(20-17-29)18-6-9-23-7-4-3-5-8-23/h3-5,7-8,10-13,21,25H,6,9,14-20,22H2,1-2H3,(H,30,32). The Labute approximate surface area is 209 Å². The van der Waals surface area contributed by atoms with E-state index in [1.165, 1.54) is 12.0 Å². The highest BCUT2D eigenvalue weighted by Crippen LogP contribution is 2.38. The third-order valence-corrected chi connectivity index (χ3v) is 7.23. The number of carbonyl (C=O) groups is 1. The quantitative estimate of drug-likeness (QED) is 0.510. The number of likely N-dealkylation sites (tertiary alicyclic amines) is 1. The summed E-state index contributed by atoms with van der Waals surface area (Å²) in [5, 5.41) is 3.00. The van der Waals surface area contributed by atoms with E-state index in [1.807, 2.05) is 18.2 Å². The minimum atomic E-state index is -0.113. The molecular weight excluding hydrogens is 440 g/mol. The van der Waals surface area contributed by atoms with Gasteiger partial charge in [-0.2, -0.15) is 0 Å². The minimum absolute atomic E-state index is 0.000805. The van der Waals surface area contributed by atoms with E-state index in [9.17, 15) is 4.79 Å². The lowest BCUT2D eigenvalue weighted by Crippen LogP contribution is -2.45. The highest BCUT2D eigenvalue weighted by molar-refractivity contribution is 5.91. The van der Waals surface area contributed by atoms with E-state index in [1.54, 1.807) is 26.4 Å². The molecular formula is C29H38N2O4. The predicted octanol–water partition coefficient (Wildman–Crippen LogP) is 4.48. The molecule has 2 aliphatic rings. The second-order valence-electron chi connectivity index (χ2n) is 9.59. The number of aryl methyl sites for hydroxylation is 1. The number of piperidine rings is 1. The average Bonchev–Trinajstić information content (AvgIpc) is 3.30. The molecule has 2 saturated heterocycles. The fourth-order valence-electron chi connectivity index (χ4n) is 5.14. The first-order valence-electron chi connectivity index (χ1n) is 12.7. The Bertz CT molecular complexity index is 983. The third-order valence-electron chi connectivity index (χ3n) is 7.23. The Balaban J connectivity index is 1.16. The second kappa shape index (κ2) is 12.2. The third kappa shape index (κ3) is 7.09. The normalized spacial score (nSPS) is 19.8. The van der Waals surface area contributed by atoms with Crippen molar-refractivity contribution in [3.8, 4) is 11.5 Å². The van der Waals surface area contributed by atoms with E-state index >= 15 is 0 Å². The number of carbonyl (C=O) groups excluding carboxylic acids is 1. The van der Waals surface area contributed by atoms with Gasteiger partial charge in [0, 0.05) is 25.7 Å². The molecule has 2 fully saturated rings. The van der Waals surface area contributed by atoms with Gasteiger partial charge in [-0.15, -0.1) is 0 Å². The van der Waals surface area contributed by atoms with Crippen molar-refractivity contribution in [2.75, 3.05) is 40.4 Å². The molecule has 6 heteroatoms. The molecule has 2 aromatic carbocycles. The number of amides is 1. The van der Waals surface area contributed by atoms with Crippen molar-refractivity contribution in [2.45, 2.75) is 50.2 Å². The summed E-state index contributed by atoms with van der Waals surface area (Å²) in [4.78, 5) is 14.9. The van der Waals surface area contributed by atoms with E-state index in [0.717, 1.165) is 57.3 Å². The summed E-state index contributed by atoms with van der Waals surface area (Å²) in [6.45, 7) is 3.90. The molecule has 1 spiro atoms. The molecule has 0 aliphatic carbocycles. The van der Waals surface area contributed by atoms with Crippen LogP contribution in [0.1, 0.15) is 43.2 Å². The van der Waals surface area contributed by atoms with Crippen LogP contribution in [0.15, 0.2) is 54.6 Å². The van der Waals surface area contributed by atoms with Crippen LogP contribution in [-0.2, 0) is 16.0 Å². The Morgan fingerprint density at radius 3 is 2.60 bits per heavy atom. The van der Waals surface area contributed by atoms with Crippen LogP contribution in [0.4, 0.5) is 0 Å². The van der Waals surface area contributed by atoms with Crippen LogP contribution in [-0.4, -0.2) is 62.9 Å². The zero-order valence-corrected chi connectivity index (χ0v) is 21.0. The van der Waals surface area contributed by atoms with Crippen molar-refractivity contribution >= 4 is 12.0 Å². The van der Waals surface area contributed by atoms with Gasteiger partial charge in [-0.25, -0.2) is 0 Å². The number of benzene rings is 2. The highest BCUT2D eigenvalue weighted by Gasteiger charge is 2.42. The molecule has 35 heavy (non-hydrogen) atoms. The lowest BCUT2D eigenvalue weighted by molar-refractivity contribution is -0.118. The number of methoxy groups -OCH3 is 2. The number of hydrogen-bond donors (Lipinski definition) is 1. The van der Waals surface area contributed by atoms with Gasteiger partial charge in [-0.05, 0) is 74.4 Å². The van der Waals surface area contributed by atoms with Crippen LogP contribution in [0.25, 0.3) is 6.08 Å². The van der Waals surface area contributed by atoms with E-state index in [4.69, 9.17) is 14.2 Å². The van der Waals surface area contributed by atoms with E-state index in [0.29, 0.717) is 18.0 Å². The number of ether oxygens (including phenoxy) is 3. The SMILES string of the molecule is COc1ccc(C=CC(=O)NCC2CCC3(CCN(CCCc4ccccc4)CC3)O2)cc1OC. The van der Waals surface area contributed by atoms with E-state index < -0.39 is 0 Å².